The largest absolute Gasteiger partial charge is 0.484 e. The molecule has 1 aliphatic carbocycles. The molecule has 1 aromatic heterocycles. The molecule has 2 amide bonds. The van der Waals surface area contributed by atoms with Crippen LogP contribution in [0.5, 0.6) is 5.75 Å². The number of hydrogen-bond donors (Lipinski definition) is 1. The molecule has 0 atom stereocenters. The summed E-state index contributed by atoms with van der Waals surface area (Å²) >= 11 is 1.54. The van der Waals surface area contributed by atoms with Crippen LogP contribution in [0.25, 0.3) is 0 Å². The molecule has 0 saturated carbocycles. The van der Waals surface area contributed by atoms with Crippen molar-refractivity contribution in [2.24, 2.45) is 0 Å². The lowest BCUT2D eigenvalue weighted by molar-refractivity contribution is -0.118. The first kappa shape index (κ1) is 20.9. The first-order chi connectivity index (χ1) is 14.5. The minimum absolute atomic E-state index is 0.00299. The molecular formula is C23H28N2O4S. The maximum absolute atomic E-state index is 13.3. The van der Waals surface area contributed by atoms with Crippen LogP contribution in [0.1, 0.15) is 44.8 Å². The van der Waals surface area contributed by atoms with Gasteiger partial charge in [0.05, 0.1) is 18.8 Å². The SMILES string of the molecule is Cc1cc(C)cc(OCC(=O)Nc2sc3c(c2C(=O)N2CCOCC2)CCCC3)c1. The molecule has 2 aliphatic rings. The smallest absolute Gasteiger partial charge is 0.262 e. The van der Waals surface area contributed by atoms with Gasteiger partial charge in [0, 0.05) is 18.0 Å². The van der Waals surface area contributed by atoms with E-state index >= 15 is 0 Å². The predicted molar refractivity (Wildman–Crippen MR) is 118 cm³/mol. The zero-order valence-electron chi connectivity index (χ0n) is 17.6. The van der Waals surface area contributed by atoms with Crippen molar-refractivity contribution in [3.05, 3.63) is 45.3 Å². The fraction of sp³-hybridized carbons (Fsp3) is 0.478. The highest BCUT2D eigenvalue weighted by Gasteiger charge is 2.30. The summed E-state index contributed by atoms with van der Waals surface area (Å²) in [5, 5.41) is 3.62. The Labute approximate surface area is 181 Å². The van der Waals surface area contributed by atoms with E-state index < -0.39 is 0 Å². The summed E-state index contributed by atoms with van der Waals surface area (Å²) in [5.74, 6) is 0.435. The second kappa shape index (κ2) is 9.18. The number of nitrogens with zero attached hydrogens (tertiary/aromatic N) is 1. The van der Waals surface area contributed by atoms with Gasteiger partial charge in [0.25, 0.3) is 11.8 Å². The van der Waals surface area contributed by atoms with Crippen LogP contribution in [-0.4, -0.2) is 49.6 Å². The number of anilines is 1. The van der Waals surface area contributed by atoms with Gasteiger partial charge in [-0.05, 0) is 68.4 Å². The molecule has 1 saturated heterocycles. The Morgan fingerprint density at radius 2 is 1.80 bits per heavy atom. The highest BCUT2D eigenvalue weighted by molar-refractivity contribution is 7.17. The van der Waals surface area contributed by atoms with E-state index in [0.29, 0.717) is 42.6 Å². The van der Waals surface area contributed by atoms with Crippen LogP contribution in [0, 0.1) is 13.8 Å². The summed E-state index contributed by atoms with van der Waals surface area (Å²) < 4.78 is 11.1. The van der Waals surface area contributed by atoms with E-state index in [-0.39, 0.29) is 18.4 Å². The van der Waals surface area contributed by atoms with Gasteiger partial charge in [-0.15, -0.1) is 11.3 Å². The van der Waals surface area contributed by atoms with Crippen LogP contribution >= 0.6 is 11.3 Å². The van der Waals surface area contributed by atoms with Gasteiger partial charge in [-0.1, -0.05) is 6.07 Å². The van der Waals surface area contributed by atoms with E-state index in [1.165, 1.54) is 4.88 Å². The third kappa shape index (κ3) is 4.68. The van der Waals surface area contributed by atoms with Crippen LogP contribution in [-0.2, 0) is 22.4 Å². The first-order valence-electron chi connectivity index (χ1n) is 10.5. The van der Waals surface area contributed by atoms with Crippen LogP contribution < -0.4 is 10.1 Å². The van der Waals surface area contributed by atoms with Gasteiger partial charge in [-0.25, -0.2) is 0 Å². The van der Waals surface area contributed by atoms with E-state index in [4.69, 9.17) is 9.47 Å². The maximum atomic E-state index is 13.3. The molecule has 30 heavy (non-hydrogen) atoms. The average molecular weight is 429 g/mol. The molecule has 0 bridgehead atoms. The molecule has 2 aromatic rings. The first-order valence-corrected chi connectivity index (χ1v) is 11.4. The molecule has 7 heteroatoms. The van der Waals surface area contributed by atoms with E-state index in [9.17, 15) is 9.59 Å². The molecule has 1 aromatic carbocycles. The Morgan fingerprint density at radius 3 is 2.53 bits per heavy atom. The van der Waals surface area contributed by atoms with Gasteiger partial charge < -0.3 is 19.7 Å². The molecule has 4 rings (SSSR count). The molecule has 1 fully saturated rings. The summed E-state index contributed by atoms with van der Waals surface area (Å²) in [6, 6.07) is 5.89. The summed E-state index contributed by atoms with van der Waals surface area (Å²) in [6.45, 7) is 6.21. The molecule has 6 nitrogen and oxygen atoms in total. The quantitative estimate of drug-likeness (QED) is 0.788. The maximum Gasteiger partial charge on any atom is 0.262 e. The predicted octanol–water partition coefficient (Wildman–Crippen LogP) is 3.73. The van der Waals surface area contributed by atoms with Crippen molar-refractivity contribution < 1.29 is 19.1 Å². The number of amides is 2. The molecule has 0 radical (unpaired) electrons. The van der Waals surface area contributed by atoms with Gasteiger partial charge in [0.15, 0.2) is 6.61 Å². The topological polar surface area (TPSA) is 67.9 Å². The fourth-order valence-electron chi connectivity index (χ4n) is 4.13. The van der Waals surface area contributed by atoms with Crippen molar-refractivity contribution >= 4 is 28.2 Å². The van der Waals surface area contributed by atoms with Crippen molar-refractivity contribution in [1.82, 2.24) is 4.90 Å². The summed E-state index contributed by atoms with van der Waals surface area (Å²) in [7, 11) is 0. The minimum atomic E-state index is -0.246. The van der Waals surface area contributed by atoms with Gasteiger partial charge in [-0.3, -0.25) is 9.59 Å². The Hall–Kier alpha value is -2.38. The number of benzene rings is 1. The molecule has 0 unspecified atom stereocenters. The highest BCUT2D eigenvalue weighted by Crippen LogP contribution is 2.39. The zero-order valence-corrected chi connectivity index (χ0v) is 18.4. The molecular weight excluding hydrogens is 400 g/mol. The number of nitrogens with one attached hydrogen (secondary N) is 1. The monoisotopic (exact) mass is 428 g/mol. The number of thiophene rings is 1. The Morgan fingerprint density at radius 1 is 1.10 bits per heavy atom. The second-order valence-electron chi connectivity index (χ2n) is 7.98. The Balaban J connectivity index is 1.50. The zero-order chi connectivity index (χ0) is 21.1. The minimum Gasteiger partial charge on any atom is -0.484 e. The number of fused-ring (bicyclic) bond motifs is 1. The van der Waals surface area contributed by atoms with Crippen LogP contribution in [0.3, 0.4) is 0 Å². The number of carbonyl (C=O) groups excluding carboxylic acids is 2. The van der Waals surface area contributed by atoms with Crippen molar-refractivity contribution in [3.8, 4) is 5.75 Å². The Bertz CT molecular complexity index is 927. The van der Waals surface area contributed by atoms with Crippen molar-refractivity contribution in [2.45, 2.75) is 39.5 Å². The van der Waals surface area contributed by atoms with E-state index in [0.717, 1.165) is 42.4 Å². The summed E-state index contributed by atoms with van der Waals surface area (Å²) in [6.07, 6.45) is 4.07. The lowest BCUT2D eigenvalue weighted by Crippen LogP contribution is -2.41. The summed E-state index contributed by atoms with van der Waals surface area (Å²) in [4.78, 5) is 29.0. The number of hydrogen-bond acceptors (Lipinski definition) is 5. The molecule has 160 valence electrons. The van der Waals surface area contributed by atoms with E-state index in [1.807, 2.05) is 30.9 Å². The van der Waals surface area contributed by atoms with Crippen molar-refractivity contribution in [3.63, 3.8) is 0 Å². The van der Waals surface area contributed by atoms with E-state index in [1.54, 1.807) is 11.3 Å². The molecule has 2 heterocycles. The van der Waals surface area contributed by atoms with Gasteiger partial charge in [-0.2, -0.15) is 0 Å². The standard InChI is InChI=1S/C23H28N2O4S/c1-15-11-16(2)13-17(12-15)29-14-20(26)24-22-21(18-5-3-4-6-19(18)30-22)23(27)25-7-9-28-10-8-25/h11-13H,3-10,14H2,1-2H3,(H,24,26). The third-order valence-corrected chi connectivity index (χ3v) is 6.71. The molecule has 1 N–H and O–H groups in total. The molecule has 1 aliphatic heterocycles. The number of ether oxygens (including phenoxy) is 2. The number of aryl methyl sites for hydroxylation is 3. The van der Waals surface area contributed by atoms with Gasteiger partial charge >= 0.3 is 0 Å². The second-order valence-corrected chi connectivity index (χ2v) is 9.09. The number of carbonyl (C=O) groups is 2. The lowest BCUT2D eigenvalue weighted by Gasteiger charge is -2.27. The average Bonchev–Trinajstić information content (AvgIpc) is 3.09. The van der Waals surface area contributed by atoms with E-state index in [2.05, 4.69) is 11.4 Å². The lowest BCUT2D eigenvalue weighted by atomic mass is 9.95. The summed E-state index contributed by atoms with van der Waals surface area (Å²) in [5.41, 5.74) is 3.98. The number of rotatable bonds is 5. The highest BCUT2D eigenvalue weighted by atomic mass is 32.1. The van der Waals surface area contributed by atoms with Crippen LogP contribution in [0.15, 0.2) is 18.2 Å². The number of morpholine rings is 1. The fourth-order valence-corrected chi connectivity index (χ4v) is 5.43. The van der Waals surface area contributed by atoms with Crippen LogP contribution in [0.4, 0.5) is 5.00 Å². The van der Waals surface area contributed by atoms with Crippen molar-refractivity contribution in [1.29, 1.82) is 0 Å². The molecule has 0 spiro atoms. The third-order valence-electron chi connectivity index (χ3n) is 5.50. The van der Waals surface area contributed by atoms with Gasteiger partial charge in [0.2, 0.25) is 0 Å². The van der Waals surface area contributed by atoms with Crippen LogP contribution in [0.2, 0.25) is 0 Å². The normalized spacial score (nSPS) is 16.1. The van der Waals surface area contributed by atoms with Gasteiger partial charge in [0.1, 0.15) is 10.8 Å². The Kier molecular flexibility index (Phi) is 6.39. The van der Waals surface area contributed by atoms with Crippen molar-refractivity contribution in [2.75, 3.05) is 38.2 Å².